The van der Waals surface area contributed by atoms with Crippen LogP contribution in [0.5, 0.6) is 0 Å². The monoisotopic (exact) mass is 321 g/mol. The van der Waals surface area contributed by atoms with Crippen LogP contribution in [0.4, 0.5) is 14.9 Å². The first-order chi connectivity index (χ1) is 11.2. The molecule has 0 atom stereocenters. The molecule has 0 aliphatic heterocycles. The molecule has 2 aromatic rings. The van der Waals surface area contributed by atoms with Gasteiger partial charge < -0.3 is 15.7 Å². The summed E-state index contributed by atoms with van der Waals surface area (Å²) in [5.74, 6) is -0.489. The van der Waals surface area contributed by atoms with Gasteiger partial charge in [-0.15, -0.1) is 5.10 Å². The Morgan fingerprint density at radius 3 is 2.87 bits per heavy atom. The summed E-state index contributed by atoms with van der Waals surface area (Å²) in [4.78, 5) is 11.7. The Bertz CT molecular complexity index is 632. The largest absolute Gasteiger partial charge is 0.396 e. The summed E-state index contributed by atoms with van der Waals surface area (Å²) in [6.45, 7) is 1.12. The third kappa shape index (κ3) is 5.67. The topological polar surface area (TPSA) is 92.1 Å². The van der Waals surface area contributed by atoms with E-state index in [4.69, 9.17) is 5.11 Å². The van der Waals surface area contributed by atoms with E-state index >= 15 is 0 Å². The number of aryl methyl sites for hydroxylation is 1. The van der Waals surface area contributed by atoms with Crippen molar-refractivity contribution in [3.05, 3.63) is 42.0 Å². The van der Waals surface area contributed by atoms with Crippen LogP contribution in [0.25, 0.3) is 0 Å². The fourth-order valence-corrected chi connectivity index (χ4v) is 1.99. The maximum absolute atomic E-state index is 13.4. The summed E-state index contributed by atoms with van der Waals surface area (Å²) in [5.41, 5.74) is 0.744. The zero-order valence-electron chi connectivity index (χ0n) is 12.7. The Morgan fingerprint density at radius 1 is 1.26 bits per heavy atom. The lowest BCUT2D eigenvalue weighted by Gasteiger charge is -2.06. The van der Waals surface area contributed by atoms with Gasteiger partial charge in [0.15, 0.2) is 0 Å². The molecule has 0 aliphatic carbocycles. The first-order valence-electron chi connectivity index (χ1n) is 7.48. The minimum atomic E-state index is -0.507. The summed E-state index contributed by atoms with van der Waals surface area (Å²) < 4.78 is 15.1. The highest BCUT2D eigenvalue weighted by Crippen LogP contribution is 2.11. The zero-order valence-corrected chi connectivity index (χ0v) is 12.7. The van der Waals surface area contributed by atoms with Crippen molar-refractivity contribution in [2.45, 2.75) is 32.4 Å². The lowest BCUT2D eigenvalue weighted by molar-refractivity contribution is 0.251. The van der Waals surface area contributed by atoms with Crippen molar-refractivity contribution < 1.29 is 14.3 Å². The van der Waals surface area contributed by atoms with Crippen LogP contribution in [-0.4, -0.2) is 32.7 Å². The lowest BCUT2D eigenvalue weighted by atomic mass is 10.2. The Balaban J connectivity index is 1.74. The second-order valence-corrected chi connectivity index (χ2v) is 5.04. The molecular formula is C15H20FN5O2. The number of nitrogens with one attached hydrogen (secondary N) is 2. The number of hydrogen-bond acceptors (Lipinski definition) is 4. The maximum Gasteiger partial charge on any atom is 0.319 e. The molecule has 0 fully saturated rings. The number of halogens is 1. The van der Waals surface area contributed by atoms with E-state index in [1.54, 1.807) is 23.0 Å². The standard InChI is InChI=1S/C15H20FN5O2/c16-13-6-2-3-7-14(13)18-15(23)17-10-12-11-21(20-19-12)8-4-1-5-9-22/h2-3,6-7,11,22H,1,4-5,8-10H2,(H2,17,18,23). The number of urea groups is 1. The van der Waals surface area contributed by atoms with Gasteiger partial charge in [0.1, 0.15) is 11.5 Å². The fraction of sp³-hybridized carbons (Fsp3) is 0.400. The Morgan fingerprint density at radius 2 is 2.09 bits per heavy atom. The molecule has 3 N–H and O–H groups in total. The molecule has 23 heavy (non-hydrogen) atoms. The SMILES string of the molecule is O=C(NCc1cn(CCCCCO)nn1)Nc1ccccc1F. The number of nitrogens with zero attached hydrogens (tertiary/aromatic N) is 3. The Kier molecular flexibility index (Phi) is 6.49. The normalized spacial score (nSPS) is 10.5. The molecule has 1 aromatic carbocycles. The predicted molar refractivity (Wildman–Crippen MR) is 83.2 cm³/mol. The summed E-state index contributed by atoms with van der Waals surface area (Å²) in [6.07, 6.45) is 4.36. The highest BCUT2D eigenvalue weighted by Gasteiger charge is 2.07. The van der Waals surface area contributed by atoms with E-state index in [9.17, 15) is 9.18 Å². The molecule has 0 aliphatic rings. The number of hydrogen-bond donors (Lipinski definition) is 3. The minimum absolute atomic E-state index is 0.123. The van der Waals surface area contributed by atoms with Gasteiger partial charge in [-0.1, -0.05) is 17.3 Å². The van der Waals surface area contributed by atoms with Crippen molar-refractivity contribution >= 4 is 11.7 Å². The number of unbranched alkanes of at least 4 members (excludes halogenated alkanes) is 2. The molecule has 124 valence electrons. The average Bonchev–Trinajstić information content (AvgIpc) is 3.00. The van der Waals surface area contributed by atoms with Gasteiger partial charge in [-0.3, -0.25) is 4.68 Å². The Hall–Kier alpha value is -2.48. The summed E-state index contributed by atoms with van der Waals surface area (Å²) >= 11 is 0. The van der Waals surface area contributed by atoms with E-state index in [1.807, 2.05) is 0 Å². The third-order valence-electron chi connectivity index (χ3n) is 3.18. The molecule has 0 saturated carbocycles. The van der Waals surface area contributed by atoms with E-state index in [0.717, 1.165) is 19.3 Å². The number of carbonyl (C=O) groups is 1. The molecule has 0 saturated heterocycles. The van der Waals surface area contributed by atoms with E-state index in [-0.39, 0.29) is 18.8 Å². The van der Waals surface area contributed by atoms with Crippen molar-refractivity contribution in [2.24, 2.45) is 0 Å². The van der Waals surface area contributed by atoms with Crippen LogP contribution in [0.2, 0.25) is 0 Å². The zero-order chi connectivity index (χ0) is 16.5. The number of carbonyl (C=O) groups excluding carboxylic acids is 1. The number of aliphatic hydroxyl groups is 1. The van der Waals surface area contributed by atoms with Gasteiger partial charge in [0.05, 0.1) is 18.4 Å². The number of aliphatic hydroxyl groups excluding tert-OH is 1. The van der Waals surface area contributed by atoms with Crippen molar-refractivity contribution in [1.29, 1.82) is 0 Å². The second-order valence-electron chi connectivity index (χ2n) is 5.04. The van der Waals surface area contributed by atoms with Crippen molar-refractivity contribution in [1.82, 2.24) is 20.3 Å². The summed E-state index contributed by atoms with van der Waals surface area (Å²) in [6, 6.07) is 5.45. The number of aromatic nitrogens is 3. The molecular weight excluding hydrogens is 301 g/mol. The molecule has 2 rings (SSSR count). The molecule has 0 spiro atoms. The van der Waals surface area contributed by atoms with Gasteiger partial charge in [0, 0.05) is 13.2 Å². The molecule has 0 unspecified atom stereocenters. The van der Waals surface area contributed by atoms with Gasteiger partial charge in [-0.05, 0) is 31.4 Å². The minimum Gasteiger partial charge on any atom is -0.396 e. The first-order valence-corrected chi connectivity index (χ1v) is 7.48. The van der Waals surface area contributed by atoms with E-state index in [0.29, 0.717) is 12.2 Å². The quantitative estimate of drug-likeness (QED) is 0.648. The molecule has 1 aromatic heterocycles. The van der Waals surface area contributed by atoms with Crippen LogP contribution >= 0.6 is 0 Å². The molecule has 0 radical (unpaired) electrons. The van der Waals surface area contributed by atoms with Crippen molar-refractivity contribution in [3.8, 4) is 0 Å². The van der Waals surface area contributed by atoms with Crippen LogP contribution in [-0.2, 0) is 13.1 Å². The molecule has 1 heterocycles. The van der Waals surface area contributed by atoms with Gasteiger partial charge >= 0.3 is 6.03 Å². The van der Waals surface area contributed by atoms with Gasteiger partial charge in [0.25, 0.3) is 0 Å². The van der Waals surface area contributed by atoms with Crippen LogP contribution in [0, 0.1) is 5.82 Å². The number of anilines is 1. The average molecular weight is 321 g/mol. The molecule has 8 heteroatoms. The molecule has 0 bridgehead atoms. The van der Waals surface area contributed by atoms with Crippen molar-refractivity contribution in [3.63, 3.8) is 0 Å². The van der Waals surface area contributed by atoms with Crippen LogP contribution in [0.3, 0.4) is 0 Å². The van der Waals surface area contributed by atoms with E-state index in [2.05, 4.69) is 20.9 Å². The summed E-state index contributed by atoms with van der Waals surface area (Å²) in [5, 5.41) is 21.7. The number of benzene rings is 1. The van der Waals surface area contributed by atoms with Gasteiger partial charge in [-0.2, -0.15) is 0 Å². The third-order valence-corrected chi connectivity index (χ3v) is 3.18. The summed E-state index contributed by atoms with van der Waals surface area (Å²) in [7, 11) is 0. The van der Waals surface area contributed by atoms with Crippen LogP contribution < -0.4 is 10.6 Å². The Labute approximate surface area is 133 Å². The number of rotatable bonds is 8. The highest BCUT2D eigenvalue weighted by atomic mass is 19.1. The van der Waals surface area contributed by atoms with E-state index in [1.165, 1.54) is 12.1 Å². The van der Waals surface area contributed by atoms with Gasteiger partial charge in [0.2, 0.25) is 0 Å². The lowest BCUT2D eigenvalue weighted by Crippen LogP contribution is -2.28. The van der Waals surface area contributed by atoms with Gasteiger partial charge in [-0.25, -0.2) is 9.18 Å². The maximum atomic E-state index is 13.4. The molecule has 7 nitrogen and oxygen atoms in total. The van der Waals surface area contributed by atoms with Crippen LogP contribution in [0.15, 0.2) is 30.5 Å². The first kappa shape index (κ1) is 16.9. The van der Waals surface area contributed by atoms with Crippen molar-refractivity contribution in [2.75, 3.05) is 11.9 Å². The smallest absolute Gasteiger partial charge is 0.319 e. The molecule has 2 amide bonds. The van der Waals surface area contributed by atoms with E-state index < -0.39 is 11.8 Å². The number of amides is 2. The number of para-hydroxylation sites is 1. The highest BCUT2D eigenvalue weighted by molar-refractivity contribution is 5.89. The predicted octanol–water partition coefficient (Wildman–Crippen LogP) is 1.90. The fourth-order valence-electron chi connectivity index (χ4n) is 1.99. The van der Waals surface area contributed by atoms with Crippen LogP contribution in [0.1, 0.15) is 25.0 Å². The second kappa shape index (κ2) is 8.84.